The van der Waals surface area contributed by atoms with Crippen LogP contribution in [0.2, 0.25) is 0 Å². The number of ether oxygens (including phenoxy) is 1. The number of carbonyl (C=O) groups excluding carboxylic acids is 1. The summed E-state index contributed by atoms with van der Waals surface area (Å²) in [6, 6.07) is 4.07. The van der Waals surface area contributed by atoms with Crippen LogP contribution in [0.4, 0.5) is 4.39 Å². The van der Waals surface area contributed by atoms with Gasteiger partial charge in [-0.15, -0.1) is 11.6 Å². The molecule has 0 spiro atoms. The third-order valence-corrected chi connectivity index (χ3v) is 2.70. The number of benzene rings is 1. The van der Waals surface area contributed by atoms with Crippen molar-refractivity contribution in [2.45, 2.75) is 13.0 Å². The van der Waals surface area contributed by atoms with Gasteiger partial charge in [-0.1, -0.05) is 6.07 Å². The van der Waals surface area contributed by atoms with Crippen molar-refractivity contribution in [3.05, 3.63) is 35.1 Å². The van der Waals surface area contributed by atoms with Gasteiger partial charge in [0.1, 0.15) is 5.82 Å². The second-order valence-corrected chi connectivity index (χ2v) is 4.05. The van der Waals surface area contributed by atoms with Crippen LogP contribution >= 0.6 is 11.6 Å². The van der Waals surface area contributed by atoms with E-state index in [1.807, 2.05) is 0 Å². The molecule has 0 aliphatic heterocycles. The quantitative estimate of drug-likeness (QED) is 0.823. The molecule has 0 saturated carbocycles. The molecule has 0 aliphatic rings. The molecule has 1 aromatic rings. The van der Waals surface area contributed by atoms with Crippen LogP contribution in [0, 0.1) is 12.7 Å². The Morgan fingerprint density at radius 2 is 2.29 bits per heavy atom. The van der Waals surface area contributed by atoms with E-state index in [1.165, 1.54) is 13.2 Å². The van der Waals surface area contributed by atoms with Crippen molar-refractivity contribution in [3.8, 4) is 0 Å². The van der Waals surface area contributed by atoms with Gasteiger partial charge in [-0.2, -0.15) is 0 Å². The van der Waals surface area contributed by atoms with Crippen molar-refractivity contribution < 1.29 is 13.9 Å². The summed E-state index contributed by atoms with van der Waals surface area (Å²) in [7, 11) is 1.53. The highest BCUT2D eigenvalue weighted by atomic mass is 35.5. The number of amides is 1. The van der Waals surface area contributed by atoms with Crippen molar-refractivity contribution in [3.63, 3.8) is 0 Å². The molecule has 1 N–H and O–H groups in total. The molecule has 1 amide bonds. The molecule has 0 saturated heterocycles. The molecule has 17 heavy (non-hydrogen) atoms. The lowest BCUT2D eigenvalue weighted by Gasteiger charge is -2.15. The summed E-state index contributed by atoms with van der Waals surface area (Å²) >= 11 is 5.67. The Bertz CT molecular complexity index is 398. The molecule has 0 fully saturated rings. The lowest BCUT2D eigenvalue weighted by atomic mass is 10.1. The first-order valence-electron chi connectivity index (χ1n) is 5.20. The largest absolute Gasteiger partial charge is 0.383 e. The van der Waals surface area contributed by atoms with Gasteiger partial charge in [0.2, 0.25) is 0 Å². The number of carbonyl (C=O) groups is 1. The molecule has 1 aromatic carbocycles. The molecular weight excluding hydrogens is 245 g/mol. The van der Waals surface area contributed by atoms with E-state index < -0.39 is 5.82 Å². The Balaban J connectivity index is 2.72. The molecule has 0 bridgehead atoms. The van der Waals surface area contributed by atoms with Gasteiger partial charge in [0, 0.05) is 18.6 Å². The lowest BCUT2D eigenvalue weighted by Crippen LogP contribution is -2.39. The smallest absolute Gasteiger partial charge is 0.251 e. The van der Waals surface area contributed by atoms with E-state index in [4.69, 9.17) is 16.3 Å². The summed E-state index contributed by atoms with van der Waals surface area (Å²) in [6.45, 7) is 1.97. The fourth-order valence-corrected chi connectivity index (χ4v) is 1.50. The summed E-state index contributed by atoms with van der Waals surface area (Å²) in [5, 5.41) is 2.67. The zero-order chi connectivity index (χ0) is 12.8. The molecule has 1 unspecified atom stereocenters. The number of nitrogens with one attached hydrogen (secondary N) is 1. The van der Waals surface area contributed by atoms with Crippen LogP contribution in [0.5, 0.6) is 0 Å². The molecule has 1 rings (SSSR count). The van der Waals surface area contributed by atoms with Crippen molar-refractivity contribution >= 4 is 17.5 Å². The van der Waals surface area contributed by atoms with E-state index in [-0.39, 0.29) is 23.4 Å². The monoisotopic (exact) mass is 259 g/mol. The van der Waals surface area contributed by atoms with Crippen molar-refractivity contribution in [1.82, 2.24) is 5.32 Å². The van der Waals surface area contributed by atoms with E-state index in [2.05, 4.69) is 5.32 Å². The molecule has 1 atom stereocenters. The summed E-state index contributed by atoms with van der Waals surface area (Å²) in [6.07, 6.45) is 0. The summed E-state index contributed by atoms with van der Waals surface area (Å²) in [4.78, 5) is 11.8. The summed E-state index contributed by atoms with van der Waals surface area (Å²) < 4.78 is 18.2. The minimum Gasteiger partial charge on any atom is -0.383 e. The predicted molar refractivity (Wildman–Crippen MR) is 65.0 cm³/mol. The van der Waals surface area contributed by atoms with Crippen LogP contribution < -0.4 is 5.32 Å². The van der Waals surface area contributed by atoms with E-state index in [0.29, 0.717) is 12.2 Å². The maximum absolute atomic E-state index is 13.3. The second kappa shape index (κ2) is 6.57. The standard InChI is InChI=1S/C12H15ClFNO2/c1-8-3-4-9(5-11(8)14)12(16)15-10(6-13)7-17-2/h3-5,10H,6-7H2,1-2H3,(H,15,16). The van der Waals surface area contributed by atoms with Crippen molar-refractivity contribution in [2.24, 2.45) is 0 Å². The minimum atomic E-state index is -0.396. The average molecular weight is 260 g/mol. The molecule has 0 aromatic heterocycles. The van der Waals surface area contributed by atoms with E-state index >= 15 is 0 Å². The Kier molecular flexibility index (Phi) is 5.38. The minimum absolute atomic E-state index is 0.244. The molecule has 3 nitrogen and oxygen atoms in total. The van der Waals surface area contributed by atoms with Crippen LogP contribution in [0.1, 0.15) is 15.9 Å². The van der Waals surface area contributed by atoms with Gasteiger partial charge in [-0.3, -0.25) is 4.79 Å². The molecular formula is C12H15ClFNO2. The second-order valence-electron chi connectivity index (χ2n) is 3.74. The number of halogens is 2. The first kappa shape index (κ1) is 13.9. The highest BCUT2D eigenvalue weighted by Gasteiger charge is 2.13. The van der Waals surface area contributed by atoms with Crippen LogP contribution in [-0.2, 0) is 4.74 Å². The van der Waals surface area contributed by atoms with Crippen molar-refractivity contribution in [1.29, 1.82) is 0 Å². The van der Waals surface area contributed by atoms with Crippen molar-refractivity contribution in [2.75, 3.05) is 19.6 Å². The number of rotatable bonds is 5. The zero-order valence-electron chi connectivity index (χ0n) is 9.80. The predicted octanol–water partition coefficient (Wildman–Crippen LogP) is 2.12. The number of methoxy groups -OCH3 is 1. The summed E-state index contributed by atoms with van der Waals surface area (Å²) in [5.41, 5.74) is 0.784. The lowest BCUT2D eigenvalue weighted by molar-refractivity contribution is 0.0906. The van der Waals surface area contributed by atoms with E-state index in [0.717, 1.165) is 0 Å². The normalized spacial score (nSPS) is 12.2. The van der Waals surface area contributed by atoms with E-state index in [1.54, 1.807) is 19.1 Å². The number of alkyl halides is 1. The van der Waals surface area contributed by atoms with Gasteiger partial charge >= 0.3 is 0 Å². The number of hydrogen-bond acceptors (Lipinski definition) is 2. The van der Waals surface area contributed by atoms with Crippen LogP contribution in [-0.4, -0.2) is 31.5 Å². The van der Waals surface area contributed by atoms with Crippen LogP contribution in [0.25, 0.3) is 0 Å². The first-order valence-corrected chi connectivity index (χ1v) is 5.74. The molecule has 5 heteroatoms. The Morgan fingerprint density at radius 3 is 2.82 bits per heavy atom. The fraction of sp³-hybridized carbons (Fsp3) is 0.417. The highest BCUT2D eigenvalue weighted by Crippen LogP contribution is 2.09. The maximum atomic E-state index is 13.3. The van der Waals surface area contributed by atoms with Gasteiger partial charge in [0.05, 0.1) is 12.6 Å². The first-order chi connectivity index (χ1) is 8.08. The van der Waals surface area contributed by atoms with Crippen LogP contribution in [0.3, 0.4) is 0 Å². The third kappa shape index (κ3) is 3.98. The van der Waals surface area contributed by atoms with Gasteiger partial charge < -0.3 is 10.1 Å². The molecule has 94 valence electrons. The Morgan fingerprint density at radius 1 is 1.59 bits per heavy atom. The maximum Gasteiger partial charge on any atom is 0.251 e. The van der Waals surface area contributed by atoms with Gasteiger partial charge in [0.15, 0.2) is 0 Å². The molecule has 0 heterocycles. The highest BCUT2D eigenvalue weighted by molar-refractivity contribution is 6.18. The SMILES string of the molecule is COCC(CCl)NC(=O)c1ccc(C)c(F)c1. The average Bonchev–Trinajstić information content (AvgIpc) is 2.31. The topological polar surface area (TPSA) is 38.3 Å². The third-order valence-electron chi connectivity index (χ3n) is 2.32. The van der Waals surface area contributed by atoms with Gasteiger partial charge in [-0.05, 0) is 24.6 Å². The van der Waals surface area contributed by atoms with E-state index in [9.17, 15) is 9.18 Å². The van der Waals surface area contributed by atoms with Crippen LogP contribution in [0.15, 0.2) is 18.2 Å². The number of aryl methyl sites for hydroxylation is 1. The molecule has 0 aliphatic carbocycles. The Labute approximate surface area is 105 Å². The summed E-state index contributed by atoms with van der Waals surface area (Å²) in [5.74, 6) is -0.507. The zero-order valence-corrected chi connectivity index (χ0v) is 10.6. The van der Waals surface area contributed by atoms with Gasteiger partial charge in [0.25, 0.3) is 5.91 Å². The fourth-order valence-electron chi connectivity index (χ4n) is 1.33. The van der Waals surface area contributed by atoms with Gasteiger partial charge in [-0.25, -0.2) is 4.39 Å². The number of hydrogen-bond donors (Lipinski definition) is 1. The molecule has 0 radical (unpaired) electrons. The Hall–Kier alpha value is -1.13.